The first-order valence-corrected chi connectivity index (χ1v) is 5.93. The van der Waals surface area contributed by atoms with Gasteiger partial charge in [0.25, 0.3) is 5.89 Å². The van der Waals surface area contributed by atoms with Crippen molar-refractivity contribution in [1.82, 2.24) is 10.1 Å². The quantitative estimate of drug-likeness (QED) is 0.821. The van der Waals surface area contributed by atoms with Crippen LogP contribution in [-0.4, -0.2) is 10.1 Å². The minimum Gasteiger partial charge on any atom is -0.484 e. The second-order valence-electron chi connectivity index (χ2n) is 4.56. The molecule has 96 valence electrons. The number of nitrogens with zero attached hydrogens (tertiary/aromatic N) is 2. The van der Waals surface area contributed by atoms with Crippen molar-refractivity contribution in [2.24, 2.45) is 5.92 Å². The number of benzene rings is 1. The van der Waals surface area contributed by atoms with Gasteiger partial charge >= 0.3 is 0 Å². The number of aromatic nitrogens is 2. The van der Waals surface area contributed by atoms with E-state index in [-0.39, 0.29) is 6.61 Å². The Morgan fingerprint density at radius 1 is 1.39 bits per heavy atom. The van der Waals surface area contributed by atoms with Crippen molar-refractivity contribution in [1.29, 1.82) is 0 Å². The van der Waals surface area contributed by atoms with Gasteiger partial charge in [-0.1, -0.05) is 25.1 Å². The van der Waals surface area contributed by atoms with Gasteiger partial charge in [-0.05, 0) is 18.1 Å². The van der Waals surface area contributed by atoms with E-state index < -0.39 is 0 Å². The predicted octanol–water partition coefficient (Wildman–Crippen LogP) is 2.43. The fourth-order valence-electron chi connectivity index (χ4n) is 1.55. The minimum atomic E-state index is 0.258. The van der Waals surface area contributed by atoms with Crippen molar-refractivity contribution in [3.8, 4) is 5.75 Å². The van der Waals surface area contributed by atoms with Crippen LogP contribution in [0.5, 0.6) is 5.75 Å². The van der Waals surface area contributed by atoms with E-state index in [1.165, 1.54) is 0 Å². The lowest BCUT2D eigenvalue weighted by Crippen LogP contribution is -1.99. The van der Waals surface area contributed by atoms with Crippen LogP contribution >= 0.6 is 0 Å². The molecule has 0 aliphatic rings. The first-order chi connectivity index (χ1) is 8.63. The van der Waals surface area contributed by atoms with E-state index in [0.717, 1.165) is 12.2 Å². The molecule has 1 aromatic carbocycles. The Bertz CT molecular complexity index is 508. The molecule has 0 radical (unpaired) electrons. The second kappa shape index (κ2) is 5.53. The summed E-state index contributed by atoms with van der Waals surface area (Å²) in [7, 11) is 0. The fraction of sp³-hybridized carbons (Fsp3) is 0.385. The van der Waals surface area contributed by atoms with Gasteiger partial charge in [0, 0.05) is 18.2 Å². The molecule has 5 nitrogen and oxygen atoms in total. The molecule has 0 atom stereocenters. The summed E-state index contributed by atoms with van der Waals surface area (Å²) < 4.78 is 10.6. The van der Waals surface area contributed by atoms with Crippen LogP contribution in [0.25, 0.3) is 0 Å². The zero-order valence-corrected chi connectivity index (χ0v) is 10.6. The highest BCUT2D eigenvalue weighted by Gasteiger charge is 2.08. The zero-order chi connectivity index (χ0) is 13.0. The Labute approximate surface area is 106 Å². The normalized spacial score (nSPS) is 10.8. The van der Waals surface area contributed by atoms with Gasteiger partial charge in [-0.3, -0.25) is 0 Å². The first-order valence-electron chi connectivity index (χ1n) is 5.93. The Hall–Kier alpha value is -2.04. The molecule has 0 amide bonds. The van der Waals surface area contributed by atoms with Crippen LogP contribution in [0.4, 0.5) is 5.69 Å². The average Bonchev–Trinajstić information content (AvgIpc) is 2.73. The number of rotatable bonds is 5. The first kappa shape index (κ1) is 12.4. The van der Waals surface area contributed by atoms with Gasteiger partial charge < -0.3 is 15.0 Å². The predicted molar refractivity (Wildman–Crippen MR) is 68.0 cm³/mol. The number of ether oxygens (including phenoxy) is 1. The van der Waals surface area contributed by atoms with Crippen LogP contribution in [0.1, 0.15) is 25.6 Å². The maximum absolute atomic E-state index is 5.66. The highest BCUT2D eigenvalue weighted by Crippen LogP contribution is 2.16. The summed E-state index contributed by atoms with van der Waals surface area (Å²) in [5, 5.41) is 3.90. The van der Waals surface area contributed by atoms with E-state index in [2.05, 4.69) is 24.0 Å². The molecule has 0 unspecified atom stereocenters. The van der Waals surface area contributed by atoms with E-state index >= 15 is 0 Å². The lowest BCUT2D eigenvalue weighted by Gasteiger charge is -2.03. The average molecular weight is 247 g/mol. The van der Waals surface area contributed by atoms with E-state index in [1.54, 1.807) is 12.1 Å². The molecule has 2 rings (SSSR count). The fourth-order valence-corrected chi connectivity index (χ4v) is 1.55. The molecule has 1 aromatic heterocycles. The molecule has 0 fully saturated rings. The number of anilines is 1. The Balaban J connectivity index is 1.92. The lowest BCUT2D eigenvalue weighted by atomic mass is 10.1. The van der Waals surface area contributed by atoms with Crippen molar-refractivity contribution < 1.29 is 9.26 Å². The maximum atomic E-state index is 5.66. The van der Waals surface area contributed by atoms with Crippen LogP contribution in [0.3, 0.4) is 0 Å². The van der Waals surface area contributed by atoms with Gasteiger partial charge in [-0.15, -0.1) is 0 Å². The molecule has 0 aliphatic heterocycles. The van der Waals surface area contributed by atoms with E-state index in [1.807, 2.05) is 12.1 Å². The molecular weight excluding hydrogens is 230 g/mol. The highest BCUT2D eigenvalue weighted by molar-refractivity contribution is 5.43. The third-order valence-corrected chi connectivity index (χ3v) is 2.32. The summed E-state index contributed by atoms with van der Waals surface area (Å²) >= 11 is 0. The number of hydrogen-bond donors (Lipinski definition) is 1. The third kappa shape index (κ3) is 3.48. The van der Waals surface area contributed by atoms with Crippen LogP contribution in [-0.2, 0) is 13.0 Å². The van der Waals surface area contributed by atoms with Gasteiger partial charge in [0.05, 0.1) is 0 Å². The van der Waals surface area contributed by atoms with E-state index in [9.17, 15) is 0 Å². The lowest BCUT2D eigenvalue weighted by molar-refractivity contribution is 0.242. The van der Waals surface area contributed by atoms with Crippen molar-refractivity contribution >= 4 is 5.69 Å². The van der Waals surface area contributed by atoms with Crippen molar-refractivity contribution in [2.45, 2.75) is 26.9 Å². The van der Waals surface area contributed by atoms with Gasteiger partial charge in [0.2, 0.25) is 0 Å². The molecule has 5 heteroatoms. The number of hydrogen-bond acceptors (Lipinski definition) is 5. The summed E-state index contributed by atoms with van der Waals surface area (Å²) in [5.74, 6) is 2.40. The smallest absolute Gasteiger partial charge is 0.264 e. The molecule has 0 aliphatic carbocycles. The number of nitrogen functional groups attached to an aromatic ring is 1. The Morgan fingerprint density at radius 3 is 2.94 bits per heavy atom. The molecule has 0 saturated carbocycles. The largest absolute Gasteiger partial charge is 0.484 e. The van der Waals surface area contributed by atoms with Gasteiger partial charge in [0.15, 0.2) is 12.4 Å². The van der Waals surface area contributed by atoms with Crippen molar-refractivity contribution in [3.05, 3.63) is 36.0 Å². The van der Waals surface area contributed by atoms with Gasteiger partial charge in [-0.2, -0.15) is 4.98 Å². The molecule has 18 heavy (non-hydrogen) atoms. The maximum Gasteiger partial charge on any atom is 0.264 e. The number of nitrogens with two attached hydrogens (primary N) is 1. The minimum absolute atomic E-state index is 0.258. The summed E-state index contributed by atoms with van der Waals surface area (Å²) in [6.07, 6.45) is 0.807. The van der Waals surface area contributed by atoms with Crippen LogP contribution < -0.4 is 10.5 Å². The van der Waals surface area contributed by atoms with E-state index in [0.29, 0.717) is 23.2 Å². The monoisotopic (exact) mass is 247 g/mol. The van der Waals surface area contributed by atoms with Crippen LogP contribution in [0.2, 0.25) is 0 Å². The second-order valence-corrected chi connectivity index (χ2v) is 4.56. The van der Waals surface area contributed by atoms with E-state index in [4.69, 9.17) is 15.0 Å². The van der Waals surface area contributed by atoms with Gasteiger partial charge in [0.1, 0.15) is 5.75 Å². The topological polar surface area (TPSA) is 74.2 Å². The van der Waals surface area contributed by atoms with Crippen LogP contribution in [0.15, 0.2) is 28.8 Å². The molecular formula is C13H17N3O2. The molecule has 0 bridgehead atoms. The summed E-state index contributed by atoms with van der Waals surface area (Å²) in [6.45, 7) is 4.48. The summed E-state index contributed by atoms with van der Waals surface area (Å²) in [6, 6.07) is 7.23. The Kier molecular flexibility index (Phi) is 3.82. The Morgan fingerprint density at radius 2 is 2.22 bits per heavy atom. The summed E-state index contributed by atoms with van der Waals surface area (Å²) in [5.41, 5.74) is 6.32. The van der Waals surface area contributed by atoms with Gasteiger partial charge in [-0.25, -0.2) is 0 Å². The SMILES string of the molecule is CC(C)Cc1noc(COc2cccc(N)c2)n1. The van der Waals surface area contributed by atoms with Crippen molar-refractivity contribution in [3.63, 3.8) is 0 Å². The van der Waals surface area contributed by atoms with Crippen LogP contribution in [0, 0.1) is 5.92 Å². The zero-order valence-electron chi connectivity index (χ0n) is 10.6. The molecule has 1 heterocycles. The molecule has 0 spiro atoms. The molecule has 2 N–H and O–H groups in total. The summed E-state index contributed by atoms with van der Waals surface area (Å²) in [4.78, 5) is 4.25. The standard InChI is InChI=1S/C13H17N3O2/c1-9(2)6-12-15-13(18-16-12)8-17-11-5-3-4-10(14)7-11/h3-5,7,9H,6,8,14H2,1-2H3. The molecule has 0 saturated heterocycles. The molecule has 2 aromatic rings. The van der Waals surface area contributed by atoms with Crippen molar-refractivity contribution in [2.75, 3.05) is 5.73 Å². The highest BCUT2D eigenvalue weighted by atomic mass is 16.5. The third-order valence-electron chi connectivity index (χ3n) is 2.32.